The molecule has 0 unspecified atom stereocenters. The lowest BCUT2D eigenvalue weighted by atomic mass is 9.99. The summed E-state index contributed by atoms with van der Waals surface area (Å²) in [4.78, 5) is 38.9. The minimum absolute atomic E-state index is 0.0252. The minimum atomic E-state index is -1.63. The average Bonchev–Trinajstić information content (AvgIpc) is 2.83. The Labute approximate surface area is 218 Å². The number of hydrogen-bond acceptors (Lipinski definition) is 6. The fourth-order valence-electron chi connectivity index (χ4n) is 3.57. The molecular weight excluding hydrogens is 476 g/mol. The van der Waals surface area contributed by atoms with Crippen LogP contribution in [-0.2, 0) is 20.9 Å². The van der Waals surface area contributed by atoms with Crippen LogP contribution in [0.4, 0.5) is 4.79 Å². The number of hydrogen-bond donors (Lipinski definition) is 3. The molecule has 0 aliphatic heterocycles. The molecule has 2 rings (SSSR count). The van der Waals surface area contributed by atoms with Crippen LogP contribution in [0.1, 0.15) is 58.3 Å². The fraction of sp³-hybridized carbons (Fsp3) is 0.464. The number of carbonyl (C=O) groups is 3. The first kappa shape index (κ1) is 29.6. The van der Waals surface area contributed by atoms with Crippen LogP contribution >= 0.6 is 0 Å². The van der Waals surface area contributed by atoms with Crippen LogP contribution < -0.4 is 10.1 Å². The SMILES string of the molecule is CC(C)C[C@H](C(=O)N[C@@H](C(=O)O)[C@H](O)c1ccc(OCc2ccccc2)cc1)N(C)C(=O)OC(C)(C)C. The number of aliphatic hydroxyl groups is 1. The summed E-state index contributed by atoms with van der Waals surface area (Å²) >= 11 is 0. The lowest BCUT2D eigenvalue weighted by molar-refractivity contribution is -0.146. The van der Waals surface area contributed by atoms with E-state index in [1.807, 2.05) is 44.2 Å². The van der Waals surface area contributed by atoms with Gasteiger partial charge in [-0.3, -0.25) is 9.69 Å². The summed E-state index contributed by atoms with van der Waals surface area (Å²) in [5.41, 5.74) is 0.522. The highest BCUT2D eigenvalue weighted by atomic mass is 16.6. The van der Waals surface area contributed by atoms with Crippen molar-refractivity contribution >= 4 is 18.0 Å². The van der Waals surface area contributed by atoms with Crippen molar-refractivity contribution in [3.8, 4) is 5.75 Å². The van der Waals surface area contributed by atoms with E-state index in [2.05, 4.69) is 5.32 Å². The molecule has 3 atom stereocenters. The predicted octanol–water partition coefficient (Wildman–Crippen LogP) is 4.15. The quantitative estimate of drug-likeness (QED) is 0.411. The van der Waals surface area contributed by atoms with E-state index in [1.165, 1.54) is 7.05 Å². The van der Waals surface area contributed by atoms with E-state index in [4.69, 9.17) is 9.47 Å². The molecule has 202 valence electrons. The number of aliphatic hydroxyl groups excluding tert-OH is 1. The van der Waals surface area contributed by atoms with Crippen molar-refractivity contribution in [1.82, 2.24) is 10.2 Å². The smallest absolute Gasteiger partial charge is 0.410 e. The summed E-state index contributed by atoms with van der Waals surface area (Å²) in [5.74, 6) is -1.53. The van der Waals surface area contributed by atoms with Crippen molar-refractivity contribution in [2.24, 2.45) is 5.92 Å². The van der Waals surface area contributed by atoms with E-state index in [0.29, 0.717) is 17.9 Å². The maximum absolute atomic E-state index is 13.2. The summed E-state index contributed by atoms with van der Waals surface area (Å²) < 4.78 is 11.1. The van der Waals surface area contributed by atoms with E-state index < -0.39 is 41.8 Å². The number of ether oxygens (including phenoxy) is 2. The Morgan fingerprint density at radius 3 is 2.11 bits per heavy atom. The maximum atomic E-state index is 13.2. The summed E-state index contributed by atoms with van der Waals surface area (Å²) in [6.45, 7) is 9.27. The van der Waals surface area contributed by atoms with Crippen molar-refractivity contribution in [1.29, 1.82) is 0 Å². The molecule has 2 amide bonds. The normalized spacial score (nSPS) is 13.8. The van der Waals surface area contributed by atoms with Gasteiger partial charge in [0.1, 0.15) is 30.1 Å². The van der Waals surface area contributed by atoms with Crippen LogP contribution in [-0.4, -0.2) is 57.8 Å². The second kappa shape index (κ2) is 13.1. The third-order valence-corrected chi connectivity index (χ3v) is 5.50. The molecule has 9 nitrogen and oxygen atoms in total. The van der Waals surface area contributed by atoms with Crippen molar-refractivity contribution in [2.75, 3.05) is 7.05 Å². The van der Waals surface area contributed by atoms with Crippen LogP contribution in [0.15, 0.2) is 54.6 Å². The minimum Gasteiger partial charge on any atom is -0.489 e. The number of aliphatic carboxylic acids is 1. The highest BCUT2D eigenvalue weighted by molar-refractivity contribution is 5.89. The average molecular weight is 515 g/mol. The second-order valence-electron chi connectivity index (χ2n) is 10.3. The van der Waals surface area contributed by atoms with Gasteiger partial charge in [0.15, 0.2) is 6.04 Å². The molecule has 9 heteroatoms. The van der Waals surface area contributed by atoms with E-state index in [-0.39, 0.29) is 12.3 Å². The molecule has 0 fully saturated rings. The van der Waals surface area contributed by atoms with Gasteiger partial charge in [-0.05, 0) is 56.4 Å². The maximum Gasteiger partial charge on any atom is 0.410 e. The molecule has 3 N–H and O–H groups in total. The van der Waals surface area contributed by atoms with Crippen LogP contribution in [0.2, 0.25) is 0 Å². The Hall–Kier alpha value is -3.59. The second-order valence-corrected chi connectivity index (χ2v) is 10.3. The largest absolute Gasteiger partial charge is 0.489 e. The van der Waals surface area contributed by atoms with E-state index in [0.717, 1.165) is 10.5 Å². The zero-order valence-electron chi connectivity index (χ0n) is 22.3. The number of amides is 2. The third kappa shape index (κ3) is 9.42. The van der Waals surface area contributed by atoms with Crippen molar-refractivity contribution in [2.45, 2.75) is 71.4 Å². The number of rotatable bonds is 11. The van der Waals surface area contributed by atoms with Crippen LogP contribution in [0.25, 0.3) is 0 Å². The van der Waals surface area contributed by atoms with Gasteiger partial charge < -0.3 is 25.0 Å². The molecule has 0 aromatic heterocycles. The lowest BCUT2D eigenvalue weighted by Crippen LogP contribution is -2.54. The molecule has 0 heterocycles. The number of nitrogens with zero attached hydrogens (tertiary/aromatic N) is 1. The molecule has 0 aliphatic rings. The Bertz CT molecular complexity index is 1030. The summed E-state index contributed by atoms with van der Waals surface area (Å²) in [5, 5.41) is 23.0. The molecule has 0 radical (unpaired) electrons. The first-order chi connectivity index (χ1) is 17.3. The molecule has 0 aliphatic carbocycles. The van der Waals surface area contributed by atoms with Crippen LogP contribution in [0.5, 0.6) is 5.75 Å². The Morgan fingerprint density at radius 2 is 1.59 bits per heavy atom. The first-order valence-electron chi connectivity index (χ1n) is 12.2. The number of carboxylic acids is 1. The number of nitrogens with one attached hydrogen (secondary N) is 1. The molecule has 0 saturated carbocycles. The first-order valence-corrected chi connectivity index (χ1v) is 12.2. The standard InChI is InChI=1S/C28H38N2O7/c1-18(2)16-22(30(6)27(35)37-28(3,4)5)25(32)29-23(26(33)34)24(31)20-12-14-21(15-13-20)36-17-19-10-8-7-9-11-19/h7-15,18,22-24,31H,16-17H2,1-6H3,(H,29,32)(H,33,34)/t22-,23-,24-/m1/s1. The zero-order chi connectivity index (χ0) is 27.8. The van der Waals surface area contributed by atoms with Crippen molar-refractivity contribution in [3.63, 3.8) is 0 Å². The van der Waals surface area contributed by atoms with Crippen molar-refractivity contribution < 1.29 is 34.1 Å². The molecule has 2 aromatic carbocycles. The van der Waals surface area contributed by atoms with Gasteiger partial charge in [0.2, 0.25) is 5.91 Å². The van der Waals surface area contributed by atoms with Gasteiger partial charge in [0, 0.05) is 7.05 Å². The van der Waals surface area contributed by atoms with E-state index in [9.17, 15) is 24.6 Å². The van der Waals surface area contributed by atoms with Gasteiger partial charge in [-0.2, -0.15) is 0 Å². The van der Waals surface area contributed by atoms with Gasteiger partial charge in [0.05, 0.1) is 0 Å². The third-order valence-electron chi connectivity index (χ3n) is 5.50. The summed E-state index contributed by atoms with van der Waals surface area (Å²) in [6, 6.07) is 13.3. The number of likely N-dealkylation sites (N-methyl/N-ethyl adjacent to an activating group) is 1. The summed E-state index contributed by atoms with van der Waals surface area (Å²) in [6.07, 6.45) is -1.96. The van der Waals surface area contributed by atoms with Gasteiger partial charge in [-0.25, -0.2) is 9.59 Å². The van der Waals surface area contributed by atoms with E-state index >= 15 is 0 Å². The van der Waals surface area contributed by atoms with Gasteiger partial charge in [-0.1, -0.05) is 56.3 Å². The Kier molecular flexibility index (Phi) is 10.5. The van der Waals surface area contributed by atoms with Crippen LogP contribution in [0, 0.1) is 5.92 Å². The molecular formula is C28H38N2O7. The topological polar surface area (TPSA) is 125 Å². The Morgan fingerprint density at radius 1 is 1.00 bits per heavy atom. The van der Waals surface area contributed by atoms with E-state index in [1.54, 1.807) is 45.0 Å². The molecule has 2 aromatic rings. The van der Waals surface area contributed by atoms with Gasteiger partial charge in [0.25, 0.3) is 0 Å². The predicted molar refractivity (Wildman–Crippen MR) is 139 cm³/mol. The number of carboxylic acid groups (broad SMARTS) is 1. The number of benzene rings is 2. The number of carbonyl (C=O) groups excluding carboxylic acids is 2. The van der Waals surface area contributed by atoms with Crippen LogP contribution in [0.3, 0.4) is 0 Å². The fourth-order valence-corrected chi connectivity index (χ4v) is 3.57. The Balaban J connectivity index is 2.13. The molecule has 0 spiro atoms. The molecule has 37 heavy (non-hydrogen) atoms. The van der Waals surface area contributed by atoms with Gasteiger partial charge >= 0.3 is 12.1 Å². The highest BCUT2D eigenvalue weighted by Gasteiger charge is 2.36. The highest BCUT2D eigenvalue weighted by Crippen LogP contribution is 2.23. The van der Waals surface area contributed by atoms with Gasteiger partial charge in [-0.15, -0.1) is 0 Å². The lowest BCUT2D eigenvalue weighted by Gasteiger charge is -2.32. The summed E-state index contributed by atoms with van der Waals surface area (Å²) in [7, 11) is 1.43. The molecule has 0 bridgehead atoms. The zero-order valence-corrected chi connectivity index (χ0v) is 22.3. The monoisotopic (exact) mass is 514 g/mol. The molecule has 0 saturated heterocycles. The van der Waals surface area contributed by atoms with Crippen molar-refractivity contribution in [3.05, 3.63) is 65.7 Å².